The Bertz CT molecular complexity index is 777. The normalized spacial score (nSPS) is 13.0. The zero-order chi connectivity index (χ0) is 21.2. The van der Waals surface area contributed by atoms with E-state index in [4.69, 9.17) is 18.9 Å². The Morgan fingerprint density at radius 3 is 1.97 bits per heavy atom. The van der Waals surface area contributed by atoms with E-state index in [9.17, 15) is 10.1 Å². The van der Waals surface area contributed by atoms with Crippen LogP contribution in [0.3, 0.4) is 0 Å². The Kier molecular flexibility index (Phi) is 8.89. The molecular formula is C22H29NO6. The molecule has 0 aromatic heterocycles. The van der Waals surface area contributed by atoms with Crippen LogP contribution in [0.4, 0.5) is 5.69 Å². The minimum absolute atomic E-state index is 0.0352. The summed E-state index contributed by atoms with van der Waals surface area (Å²) in [7, 11) is 3.06. The third-order valence-electron chi connectivity index (χ3n) is 4.96. The second-order valence-electron chi connectivity index (χ2n) is 6.68. The Labute approximate surface area is 171 Å². The molecular weight excluding hydrogens is 374 g/mol. The lowest BCUT2D eigenvalue weighted by Crippen LogP contribution is -2.11. The number of ether oxygens (including phenoxy) is 4. The largest absolute Gasteiger partial charge is 0.468 e. The van der Waals surface area contributed by atoms with Crippen molar-refractivity contribution in [3.63, 3.8) is 0 Å². The van der Waals surface area contributed by atoms with Gasteiger partial charge in [-0.25, -0.2) is 0 Å². The van der Waals surface area contributed by atoms with Crippen LogP contribution in [0.2, 0.25) is 0 Å². The summed E-state index contributed by atoms with van der Waals surface area (Å²) in [6.45, 7) is 4.40. The smallest absolute Gasteiger partial charge is 0.311 e. The number of rotatable bonds is 12. The van der Waals surface area contributed by atoms with E-state index in [-0.39, 0.29) is 36.9 Å². The third-order valence-corrected chi connectivity index (χ3v) is 4.96. The predicted octanol–water partition coefficient (Wildman–Crippen LogP) is 5.25. The van der Waals surface area contributed by atoms with Crippen molar-refractivity contribution >= 4 is 5.69 Å². The van der Waals surface area contributed by atoms with Crippen molar-refractivity contribution in [2.24, 2.45) is 0 Å². The van der Waals surface area contributed by atoms with Gasteiger partial charge in [0.25, 0.3) is 0 Å². The third kappa shape index (κ3) is 5.92. The molecule has 158 valence electrons. The van der Waals surface area contributed by atoms with Crippen LogP contribution >= 0.6 is 0 Å². The average molecular weight is 403 g/mol. The monoisotopic (exact) mass is 403 g/mol. The molecule has 0 N–H and O–H groups in total. The Balaban J connectivity index is 2.31. The molecule has 0 spiro atoms. The zero-order valence-corrected chi connectivity index (χ0v) is 17.4. The summed E-state index contributed by atoms with van der Waals surface area (Å²) >= 11 is 0. The molecule has 7 heteroatoms. The second kappa shape index (κ2) is 11.4. The number of hydrogen-bond donors (Lipinski definition) is 0. The summed E-state index contributed by atoms with van der Waals surface area (Å²) in [5.41, 5.74) is 2.05. The number of hydrogen-bond acceptors (Lipinski definition) is 6. The minimum atomic E-state index is -0.413. The lowest BCUT2D eigenvalue weighted by Gasteiger charge is -2.26. The van der Waals surface area contributed by atoms with Crippen molar-refractivity contribution in [2.75, 3.05) is 27.8 Å². The van der Waals surface area contributed by atoms with Crippen LogP contribution in [0.25, 0.3) is 0 Å². The SMILES string of the molecule is CCC(c1ccc(OCOC)cc1)C(CC)c1ccc(OCOC)c([N+](=O)[O-])c1. The Hall–Kier alpha value is -2.64. The van der Waals surface area contributed by atoms with Gasteiger partial charge in [-0.2, -0.15) is 0 Å². The van der Waals surface area contributed by atoms with Crippen molar-refractivity contribution in [3.8, 4) is 11.5 Å². The van der Waals surface area contributed by atoms with E-state index in [0.29, 0.717) is 0 Å². The maximum absolute atomic E-state index is 11.5. The van der Waals surface area contributed by atoms with Crippen LogP contribution in [0.15, 0.2) is 42.5 Å². The fourth-order valence-corrected chi connectivity index (χ4v) is 3.60. The molecule has 0 fully saturated rings. The summed E-state index contributed by atoms with van der Waals surface area (Å²) in [5.74, 6) is 1.32. The number of nitro groups is 1. The first-order valence-electron chi connectivity index (χ1n) is 9.67. The molecule has 0 heterocycles. The van der Waals surface area contributed by atoms with Gasteiger partial charge in [-0.1, -0.05) is 32.0 Å². The number of nitrogens with zero attached hydrogens (tertiary/aromatic N) is 1. The van der Waals surface area contributed by atoms with Gasteiger partial charge in [0.1, 0.15) is 5.75 Å². The molecule has 0 aliphatic rings. The van der Waals surface area contributed by atoms with E-state index in [1.807, 2.05) is 30.3 Å². The quantitative estimate of drug-likeness (QED) is 0.274. The van der Waals surface area contributed by atoms with Crippen molar-refractivity contribution in [2.45, 2.75) is 38.5 Å². The molecule has 2 aromatic rings. The van der Waals surface area contributed by atoms with Gasteiger partial charge in [-0.3, -0.25) is 10.1 Å². The van der Waals surface area contributed by atoms with Crippen molar-refractivity contribution in [1.29, 1.82) is 0 Å². The van der Waals surface area contributed by atoms with E-state index >= 15 is 0 Å². The van der Waals surface area contributed by atoms with E-state index < -0.39 is 4.92 Å². The van der Waals surface area contributed by atoms with Crippen LogP contribution < -0.4 is 9.47 Å². The second-order valence-corrected chi connectivity index (χ2v) is 6.68. The van der Waals surface area contributed by atoms with Crippen LogP contribution in [0, 0.1) is 10.1 Å². The molecule has 2 aromatic carbocycles. The highest BCUT2D eigenvalue weighted by atomic mass is 16.7. The van der Waals surface area contributed by atoms with Crippen LogP contribution in [0.5, 0.6) is 11.5 Å². The number of benzene rings is 2. The van der Waals surface area contributed by atoms with E-state index in [2.05, 4.69) is 13.8 Å². The lowest BCUT2D eigenvalue weighted by atomic mass is 9.78. The van der Waals surface area contributed by atoms with Gasteiger partial charge < -0.3 is 18.9 Å². The summed E-state index contributed by atoms with van der Waals surface area (Å²) in [5, 5.41) is 11.5. The first-order valence-corrected chi connectivity index (χ1v) is 9.67. The fraction of sp³-hybridized carbons (Fsp3) is 0.455. The highest BCUT2D eigenvalue weighted by Gasteiger charge is 2.25. The molecule has 7 nitrogen and oxygen atoms in total. The van der Waals surface area contributed by atoms with Gasteiger partial charge in [0.15, 0.2) is 19.3 Å². The van der Waals surface area contributed by atoms with Crippen molar-refractivity contribution < 1.29 is 23.9 Å². The Morgan fingerprint density at radius 1 is 0.862 bits per heavy atom. The van der Waals surface area contributed by atoms with E-state index in [0.717, 1.165) is 24.2 Å². The minimum Gasteiger partial charge on any atom is -0.468 e. The lowest BCUT2D eigenvalue weighted by molar-refractivity contribution is -0.386. The molecule has 0 aliphatic carbocycles. The van der Waals surface area contributed by atoms with Gasteiger partial charge in [0.2, 0.25) is 0 Å². The van der Waals surface area contributed by atoms with Crippen LogP contribution in [-0.2, 0) is 9.47 Å². The molecule has 0 saturated heterocycles. The van der Waals surface area contributed by atoms with Crippen molar-refractivity contribution in [1.82, 2.24) is 0 Å². The van der Waals surface area contributed by atoms with Gasteiger partial charge in [-0.05, 0) is 54.0 Å². The number of methoxy groups -OCH3 is 2. The maximum atomic E-state index is 11.5. The first kappa shape index (κ1) is 22.6. The molecule has 0 amide bonds. The predicted molar refractivity (Wildman–Crippen MR) is 111 cm³/mol. The molecule has 0 bridgehead atoms. The van der Waals surface area contributed by atoms with Crippen molar-refractivity contribution in [3.05, 3.63) is 63.7 Å². The van der Waals surface area contributed by atoms with Gasteiger partial charge in [-0.15, -0.1) is 0 Å². The molecule has 29 heavy (non-hydrogen) atoms. The van der Waals surface area contributed by atoms with Gasteiger partial charge in [0, 0.05) is 20.3 Å². The fourth-order valence-electron chi connectivity index (χ4n) is 3.60. The first-order chi connectivity index (χ1) is 14.0. The molecule has 2 unspecified atom stereocenters. The molecule has 0 saturated carbocycles. The van der Waals surface area contributed by atoms with Crippen LogP contribution in [0.1, 0.15) is 49.7 Å². The molecule has 2 rings (SSSR count). The maximum Gasteiger partial charge on any atom is 0.311 e. The molecule has 0 radical (unpaired) electrons. The van der Waals surface area contributed by atoms with Crippen LogP contribution in [-0.4, -0.2) is 32.7 Å². The van der Waals surface area contributed by atoms with E-state index in [1.54, 1.807) is 19.2 Å². The average Bonchev–Trinajstić information content (AvgIpc) is 2.75. The van der Waals surface area contributed by atoms with E-state index in [1.165, 1.54) is 12.7 Å². The standard InChI is InChI=1S/C22H29NO6/c1-5-19(16-7-10-18(11-8-16)28-14-26-3)20(6-2)17-9-12-22(29-15-27-4)21(13-17)23(24)25/h7-13,19-20H,5-6,14-15H2,1-4H3. The highest BCUT2D eigenvalue weighted by molar-refractivity contribution is 5.50. The molecule has 2 atom stereocenters. The summed E-state index contributed by atoms with van der Waals surface area (Å²) in [4.78, 5) is 11.1. The van der Waals surface area contributed by atoms with Gasteiger partial charge >= 0.3 is 5.69 Å². The summed E-state index contributed by atoms with van der Waals surface area (Å²) in [6, 6.07) is 13.1. The Morgan fingerprint density at radius 2 is 1.41 bits per heavy atom. The topological polar surface area (TPSA) is 80.1 Å². The summed E-state index contributed by atoms with van der Waals surface area (Å²) < 4.78 is 20.6. The molecule has 0 aliphatic heterocycles. The highest BCUT2D eigenvalue weighted by Crippen LogP contribution is 2.41. The summed E-state index contributed by atoms with van der Waals surface area (Å²) in [6.07, 6.45) is 1.77. The number of nitro benzene ring substituents is 1. The zero-order valence-electron chi connectivity index (χ0n) is 17.4. The van der Waals surface area contributed by atoms with Gasteiger partial charge in [0.05, 0.1) is 4.92 Å².